The number of hydrogen-bond donors (Lipinski definition) is 1. The lowest BCUT2D eigenvalue weighted by molar-refractivity contribution is 0.193. The first-order valence-corrected chi connectivity index (χ1v) is 3.97. The Morgan fingerprint density at radius 1 is 1.67 bits per heavy atom. The van der Waals surface area contributed by atoms with Gasteiger partial charge in [-0.3, -0.25) is 0 Å². The van der Waals surface area contributed by atoms with E-state index in [1.54, 1.807) is 6.07 Å². The van der Waals surface area contributed by atoms with Gasteiger partial charge in [0, 0.05) is 25.1 Å². The van der Waals surface area contributed by atoms with Gasteiger partial charge in [-0.15, -0.1) is 0 Å². The number of ether oxygens (including phenoxy) is 1. The minimum atomic E-state index is 0.608. The molecule has 0 unspecified atom stereocenters. The summed E-state index contributed by atoms with van der Waals surface area (Å²) in [6, 6.07) is 1.64. The molecule has 0 atom stereocenters. The Balaban J connectivity index is 1.79. The van der Waals surface area contributed by atoms with Gasteiger partial charge in [0.1, 0.15) is 6.33 Å². The van der Waals surface area contributed by atoms with Crippen LogP contribution in [0.5, 0.6) is 5.88 Å². The van der Waals surface area contributed by atoms with Crippen LogP contribution in [0.3, 0.4) is 0 Å². The van der Waals surface area contributed by atoms with Gasteiger partial charge in [-0.1, -0.05) is 0 Å². The van der Waals surface area contributed by atoms with Crippen molar-refractivity contribution in [3.8, 4) is 5.88 Å². The smallest absolute Gasteiger partial charge is 0.216 e. The van der Waals surface area contributed by atoms with Crippen LogP contribution in [0.25, 0.3) is 0 Å². The highest BCUT2D eigenvalue weighted by Gasteiger charge is 2.16. The van der Waals surface area contributed by atoms with Crippen molar-refractivity contribution >= 4 is 0 Å². The Labute approximate surface area is 71.0 Å². The van der Waals surface area contributed by atoms with Gasteiger partial charge in [0.25, 0.3) is 0 Å². The van der Waals surface area contributed by atoms with Gasteiger partial charge in [0.15, 0.2) is 0 Å². The molecule has 63 valence electrons. The van der Waals surface area contributed by atoms with Crippen LogP contribution >= 0.6 is 0 Å². The normalized spacial score (nSPS) is 17.0. The summed E-state index contributed by atoms with van der Waals surface area (Å²) >= 11 is 0. The number of rotatable bonds is 3. The zero-order valence-corrected chi connectivity index (χ0v) is 6.66. The van der Waals surface area contributed by atoms with Crippen molar-refractivity contribution < 1.29 is 4.74 Å². The van der Waals surface area contributed by atoms with Crippen LogP contribution in [-0.4, -0.2) is 29.7 Å². The largest absolute Gasteiger partial charge is 0.477 e. The summed E-state index contributed by atoms with van der Waals surface area (Å²) in [4.78, 5) is 7.60. The lowest BCUT2D eigenvalue weighted by Gasteiger charge is -2.26. The van der Waals surface area contributed by atoms with E-state index in [-0.39, 0.29) is 0 Å². The second kappa shape index (κ2) is 3.49. The van der Waals surface area contributed by atoms with E-state index in [1.165, 1.54) is 6.33 Å². The topological polar surface area (TPSA) is 47.0 Å². The molecule has 0 saturated carbocycles. The molecule has 1 fully saturated rings. The molecule has 2 heterocycles. The first-order chi connectivity index (χ1) is 5.95. The highest BCUT2D eigenvalue weighted by Crippen LogP contribution is 2.07. The van der Waals surface area contributed by atoms with Crippen molar-refractivity contribution in [1.82, 2.24) is 15.3 Å². The van der Waals surface area contributed by atoms with Crippen LogP contribution in [0.4, 0.5) is 0 Å². The van der Waals surface area contributed by atoms with E-state index in [0.29, 0.717) is 11.8 Å². The van der Waals surface area contributed by atoms with Crippen molar-refractivity contribution in [2.45, 2.75) is 0 Å². The highest BCUT2D eigenvalue weighted by molar-refractivity contribution is 5.03. The molecule has 1 aliphatic heterocycles. The Morgan fingerprint density at radius 2 is 2.58 bits per heavy atom. The number of hydrogen-bond acceptors (Lipinski definition) is 4. The zero-order valence-electron chi connectivity index (χ0n) is 6.66. The third kappa shape index (κ3) is 1.71. The predicted molar refractivity (Wildman–Crippen MR) is 42.7 cm³/mol. The quantitative estimate of drug-likeness (QED) is 0.676. The van der Waals surface area contributed by atoms with Crippen molar-refractivity contribution in [2.75, 3.05) is 19.7 Å². The van der Waals surface area contributed by atoms with Crippen LogP contribution in [0.2, 0.25) is 0 Å². The van der Waals surface area contributed by atoms with E-state index >= 15 is 0 Å². The molecule has 12 heavy (non-hydrogen) atoms. The Hall–Kier alpha value is -1.16. The molecule has 1 saturated heterocycles. The van der Waals surface area contributed by atoms with Gasteiger partial charge < -0.3 is 10.1 Å². The van der Waals surface area contributed by atoms with E-state index in [0.717, 1.165) is 19.7 Å². The zero-order chi connectivity index (χ0) is 8.23. The third-order valence-corrected chi connectivity index (χ3v) is 1.84. The number of nitrogens with one attached hydrogen (secondary N) is 1. The van der Waals surface area contributed by atoms with E-state index < -0.39 is 0 Å². The Kier molecular flexibility index (Phi) is 2.18. The molecule has 1 N–H and O–H groups in total. The SMILES string of the molecule is [c]1cc(OCC2CNC2)ncn1. The fraction of sp³-hybridized carbons (Fsp3) is 0.500. The molecule has 0 aromatic carbocycles. The summed E-state index contributed by atoms with van der Waals surface area (Å²) in [5.41, 5.74) is 0. The average molecular weight is 164 g/mol. The minimum Gasteiger partial charge on any atom is -0.477 e. The highest BCUT2D eigenvalue weighted by atomic mass is 16.5. The van der Waals surface area contributed by atoms with Crippen LogP contribution in [0, 0.1) is 12.1 Å². The lowest BCUT2D eigenvalue weighted by Crippen LogP contribution is -2.45. The fourth-order valence-electron chi connectivity index (χ4n) is 0.997. The van der Waals surface area contributed by atoms with Gasteiger partial charge in [-0.2, -0.15) is 0 Å². The molecule has 4 heteroatoms. The maximum atomic E-state index is 5.39. The standard InChI is InChI=1S/C8H10N3O/c1-2-9-6-11-8(1)12-5-7-3-10-4-7/h1,6-7,10H,3-5H2. The summed E-state index contributed by atoms with van der Waals surface area (Å²) in [6.45, 7) is 2.83. The molecule has 1 radical (unpaired) electrons. The van der Waals surface area contributed by atoms with Gasteiger partial charge in [-0.05, 0) is 0 Å². The van der Waals surface area contributed by atoms with Gasteiger partial charge >= 0.3 is 0 Å². The molecular formula is C8H10N3O. The van der Waals surface area contributed by atoms with E-state index in [1.807, 2.05) is 0 Å². The molecule has 0 spiro atoms. The summed E-state index contributed by atoms with van der Waals surface area (Å²) in [5, 5.41) is 3.18. The van der Waals surface area contributed by atoms with Crippen molar-refractivity contribution in [1.29, 1.82) is 0 Å². The molecule has 1 aromatic heterocycles. The van der Waals surface area contributed by atoms with Crippen LogP contribution in [0.15, 0.2) is 12.4 Å². The molecule has 1 aliphatic rings. The molecule has 2 rings (SSSR count). The molecular weight excluding hydrogens is 154 g/mol. The Bertz CT molecular complexity index is 235. The number of nitrogens with zero attached hydrogens (tertiary/aromatic N) is 2. The number of aromatic nitrogens is 2. The second-order valence-electron chi connectivity index (χ2n) is 2.82. The van der Waals surface area contributed by atoms with E-state index in [4.69, 9.17) is 4.74 Å². The summed E-state index contributed by atoms with van der Waals surface area (Å²) in [5.74, 6) is 1.25. The third-order valence-electron chi connectivity index (χ3n) is 1.84. The maximum Gasteiger partial charge on any atom is 0.216 e. The van der Waals surface area contributed by atoms with E-state index in [2.05, 4.69) is 21.5 Å². The van der Waals surface area contributed by atoms with Crippen LogP contribution < -0.4 is 10.1 Å². The van der Waals surface area contributed by atoms with E-state index in [9.17, 15) is 0 Å². The van der Waals surface area contributed by atoms with Crippen molar-refractivity contribution in [3.63, 3.8) is 0 Å². The van der Waals surface area contributed by atoms with Crippen LogP contribution in [0.1, 0.15) is 0 Å². The summed E-state index contributed by atoms with van der Waals surface area (Å²) in [7, 11) is 0. The van der Waals surface area contributed by atoms with Crippen LogP contribution in [-0.2, 0) is 0 Å². The van der Waals surface area contributed by atoms with Gasteiger partial charge in [0.2, 0.25) is 5.88 Å². The maximum absolute atomic E-state index is 5.39. The predicted octanol–water partition coefficient (Wildman–Crippen LogP) is -0.125. The van der Waals surface area contributed by atoms with Crippen molar-refractivity contribution in [2.24, 2.45) is 5.92 Å². The molecule has 4 nitrogen and oxygen atoms in total. The monoisotopic (exact) mass is 164 g/mol. The molecule has 0 bridgehead atoms. The fourth-order valence-corrected chi connectivity index (χ4v) is 0.997. The van der Waals surface area contributed by atoms with Crippen molar-refractivity contribution in [3.05, 3.63) is 18.6 Å². The van der Waals surface area contributed by atoms with Gasteiger partial charge in [0.05, 0.1) is 12.8 Å². The van der Waals surface area contributed by atoms with Gasteiger partial charge in [-0.25, -0.2) is 9.97 Å². The molecule has 0 amide bonds. The molecule has 1 aromatic rings. The summed E-state index contributed by atoms with van der Waals surface area (Å²) < 4.78 is 5.39. The molecule has 0 aliphatic carbocycles. The summed E-state index contributed by atoms with van der Waals surface area (Å²) in [6.07, 6.45) is 4.11. The second-order valence-corrected chi connectivity index (χ2v) is 2.82. The first-order valence-electron chi connectivity index (χ1n) is 3.97. The first kappa shape index (κ1) is 7.49. The average Bonchev–Trinajstić information content (AvgIpc) is 2.04. The lowest BCUT2D eigenvalue weighted by atomic mass is 10.1. The Morgan fingerprint density at radius 3 is 3.17 bits per heavy atom. The minimum absolute atomic E-state index is 0.608.